The van der Waals surface area contributed by atoms with Gasteiger partial charge in [0.15, 0.2) is 5.58 Å². The summed E-state index contributed by atoms with van der Waals surface area (Å²) in [5, 5.41) is 4.77. The van der Waals surface area contributed by atoms with Gasteiger partial charge in [-0.1, -0.05) is 42.5 Å². The predicted octanol–water partition coefficient (Wildman–Crippen LogP) is 7.32. The Kier molecular flexibility index (Phi) is 4.33. The maximum absolute atomic E-state index is 6.51. The summed E-state index contributed by atoms with van der Waals surface area (Å²) in [5.41, 5.74) is 2.77. The Hall–Kier alpha value is -3.19. The van der Waals surface area contributed by atoms with Crippen molar-refractivity contribution in [3.05, 3.63) is 72.8 Å². The quantitative estimate of drug-likeness (QED) is 0.245. The average molecular weight is 477 g/mol. The molecule has 0 N–H and O–H groups in total. The van der Waals surface area contributed by atoms with Gasteiger partial charge in [-0.25, -0.2) is 4.98 Å². The van der Waals surface area contributed by atoms with Crippen LogP contribution in [0.2, 0.25) is 0 Å². The lowest BCUT2D eigenvalue weighted by atomic mass is 9.78. The summed E-state index contributed by atoms with van der Waals surface area (Å²) in [5.74, 6) is 0.599. The minimum Gasteiger partial charge on any atom is -0.435 e. The van der Waals surface area contributed by atoms with Crippen LogP contribution in [-0.4, -0.2) is 23.3 Å². The van der Waals surface area contributed by atoms with Crippen LogP contribution in [0.4, 0.5) is 0 Å². The average Bonchev–Trinajstić information content (AvgIpc) is 3.50. The molecule has 0 saturated carbocycles. The van der Waals surface area contributed by atoms with Gasteiger partial charge in [0.2, 0.25) is 5.89 Å². The van der Waals surface area contributed by atoms with E-state index >= 15 is 0 Å². The normalized spacial score (nSPS) is 17.3. The van der Waals surface area contributed by atoms with E-state index in [0.717, 1.165) is 32.9 Å². The van der Waals surface area contributed by atoms with Crippen LogP contribution in [0.25, 0.3) is 53.5 Å². The maximum atomic E-state index is 6.51. The van der Waals surface area contributed by atoms with Crippen LogP contribution in [0.15, 0.2) is 77.2 Å². The Morgan fingerprint density at radius 1 is 0.771 bits per heavy atom. The topological polar surface area (TPSA) is 44.5 Å². The van der Waals surface area contributed by atoms with E-state index in [1.54, 1.807) is 0 Å². The molecule has 6 aromatic rings. The minimum atomic E-state index is -0.429. The summed E-state index contributed by atoms with van der Waals surface area (Å²) in [4.78, 5) is 4.88. The van der Waals surface area contributed by atoms with Crippen molar-refractivity contribution in [2.75, 3.05) is 0 Å². The summed E-state index contributed by atoms with van der Waals surface area (Å²) in [7, 11) is -0.429. The summed E-state index contributed by atoms with van der Waals surface area (Å²) in [6.45, 7) is 8.27. The smallest absolute Gasteiger partial charge is 0.435 e. The van der Waals surface area contributed by atoms with Gasteiger partial charge in [-0.3, -0.25) is 0 Å². The van der Waals surface area contributed by atoms with Crippen molar-refractivity contribution in [3.63, 3.8) is 0 Å². The molecule has 2 aromatic heterocycles. The monoisotopic (exact) mass is 477 g/mol. The molecule has 3 heterocycles. The number of hydrogen-bond acceptors (Lipinski definition) is 5. The van der Waals surface area contributed by atoms with E-state index < -0.39 is 7.12 Å². The van der Waals surface area contributed by atoms with Gasteiger partial charge in [-0.15, -0.1) is 11.3 Å². The number of fused-ring (bicyclic) bond motifs is 7. The van der Waals surface area contributed by atoms with Gasteiger partial charge in [0.1, 0.15) is 5.52 Å². The molecule has 4 aromatic carbocycles. The van der Waals surface area contributed by atoms with E-state index in [4.69, 9.17) is 18.7 Å². The molecule has 0 radical (unpaired) electrons. The summed E-state index contributed by atoms with van der Waals surface area (Å²) in [6.07, 6.45) is 0. The van der Waals surface area contributed by atoms with E-state index in [-0.39, 0.29) is 11.2 Å². The Morgan fingerprint density at radius 2 is 1.54 bits per heavy atom. The van der Waals surface area contributed by atoms with Gasteiger partial charge < -0.3 is 13.7 Å². The molecule has 0 bridgehead atoms. The van der Waals surface area contributed by atoms with Crippen molar-refractivity contribution in [3.8, 4) is 11.5 Å². The molecule has 6 heteroatoms. The number of nitrogens with zero attached hydrogens (tertiary/aromatic N) is 1. The molecule has 172 valence electrons. The molecule has 0 amide bonds. The molecule has 1 aliphatic heterocycles. The standard InChI is InChI=1S/C29H24BNO3S/c1-28(2)29(3,4)34-30(33-28)19-9-7-8-18(16-19)27-31-21-14-12-17-13-15-23-25(24(17)26(21)32-27)20-10-5-6-11-22(20)35-23/h5-16H,1-4H3. The van der Waals surface area contributed by atoms with Crippen LogP contribution in [0.3, 0.4) is 0 Å². The second kappa shape index (κ2) is 7.17. The highest BCUT2D eigenvalue weighted by Gasteiger charge is 2.51. The van der Waals surface area contributed by atoms with Crippen molar-refractivity contribution in [2.45, 2.75) is 38.9 Å². The van der Waals surface area contributed by atoms with Crippen LogP contribution >= 0.6 is 11.3 Å². The predicted molar refractivity (Wildman–Crippen MR) is 146 cm³/mol. The zero-order valence-electron chi connectivity index (χ0n) is 20.1. The minimum absolute atomic E-state index is 0.390. The highest BCUT2D eigenvalue weighted by Crippen LogP contribution is 2.42. The molecule has 35 heavy (non-hydrogen) atoms. The second-order valence-corrected chi connectivity index (χ2v) is 11.4. The summed E-state index contributed by atoms with van der Waals surface area (Å²) >= 11 is 1.81. The lowest BCUT2D eigenvalue weighted by molar-refractivity contribution is 0.00578. The first-order chi connectivity index (χ1) is 16.8. The second-order valence-electron chi connectivity index (χ2n) is 10.3. The number of rotatable bonds is 2. The molecule has 1 aliphatic rings. The van der Waals surface area contributed by atoms with Crippen molar-refractivity contribution in [1.29, 1.82) is 0 Å². The number of oxazole rings is 1. The number of benzene rings is 4. The first-order valence-electron chi connectivity index (χ1n) is 11.9. The Balaban J connectivity index is 1.40. The fraction of sp³-hybridized carbons (Fsp3) is 0.207. The van der Waals surface area contributed by atoms with Crippen LogP contribution < -0.4 is 5.46 Å². The first kappa shape index (κ1) is 21.1. The van der Waals surface area contributed by atoms with E-state index in [2.05, 4.69) is 76.2 Å². The Labute approximate surface area is 207 Å². The van der Waals surface area contributed by atoms with Gasteiger partial charge in [0.05, 0.1) is 11.2 Å². The van der Waals surface area contributed by atoms with E-state index in [1.807, 2.05) is 35.6 Å². The summed E-state index contributed by atoms with van der Waals surface area (Å²) in [6, 6.07) is 25.2. The molecular formula is C29H24BNO3S. The lowest BCUT2D eigenvalue weighted by Crippen LogP contribution is -2.41. The molecule has 0 unspecified atom stereocenters. The van der Waals surface area contributed by atoms with Gasteiger partial charge in [-0.05, 0) is 68.9 Å². The van der Waals surface area contributed by atoms with Crippen molar-refractivity contribution < 1.29 is 13.7 Å². The Morgan fingerprint density at radius 3 is 2.37 bits per heavy atom. The molecule has 4 nitrogen and oxygen atoms in total. The van der Waals surface area contributed by atoms with Crippen molar-refractivity contribution in [2.24, 2.45) is 0 Å². The third-order valence-corrected chi connectivity index (χ3v) is 8.67. The van der Waals surface area contributed by atoms with E-state index in [0.29, 0.717) is 5.89 Å². The highest BCUT2D eigenvalue weighted by atomic mass is 32.1. The van der Waals surface area contributed by atoms with Crippen molar-refractivity contribution >= 4 is 66.0 Å². The first-order valence-corrected chi connectivity index (χ1v) is 12.7. The van der Waals surface area contributed by atoms with E-state index in [1.165, 1.54) is 20.2 Å². The van der Waals surface area contributed by atoms with E-state index in [9.17, 15) is 0 Å². The molecular weight excluding hydrogens is 453 g/mol. The number of aromatic nitrogens is 1. The van der Waals surface area contributed by atoms with Crippen molar-refractivity contribution in [1.82, 2.24) is 4.98 Å². The van der Waals surface area contributed by atoms with Gasteiger partial charge in [0.25, 0.3) is 0 Å². The Bertz CT molecular complexity index is 1770. The highest BCUT2D eigenvalue weighted by molar-refractivity contribution is 7.26. The van der Waals surface area contributed by atoms with Gasteiger partial charge in [-0.2, -0.15) is 0 Å². The van der Waals surface area contributed by atoms with Crippen LogP contribution in [-0.2, 0) is 9.31 Å². The lowest BCUT2D eigenvalue weighted by Gasteiger charge is -2.32. The van der Waals surface area contributed by atoms with Crippen LogP contribution in [0.5, 0.6) is 0 Å². The molecule has 0 atom stereocenters. The summed E-state index contributed by atoms with van der Waals surface area (Å²) < 4.78 is 21.6. The molecule has 0 spiro atoms. The third kappa shape index (κ3) is 3.10. The molecule has 7 rings (SSSR count). The fourth-order valence-corrected chi connectivity index (χ4v) is 6.04. The largest absolute Gasteiger partial charge is 0.494 e. The third-order valence-electron chi connectivity index (χ3n) is 7.54. The SMILES string of the molecule is CC1(C)OB(c2cccc(-c3nc4ccc5ccc6sc7ccccc7c6c5c4o3)c2)OC1(C)C. The number of thiophene rings is 1. The van der Waals surface area contributed by atoms with Crippen LogP contribution in [0.1, 0.15) is 27.7 Å². The molecule has 1 saturated heterocycles. The van der Waals surface area contributed by atoms with Gasteiger partial charge >= 0.3 is 7.12 Å². The van der Waals surface area contributed by atoms with Crippen LogP contribution in [0, 0.1) is 0 Å². The zero-order chi connectivity index (χ0) is 23.9. The number of hydrogen-bond donors (Lipinski definition) is 0. The molecule has 1 fully saturated rings. The molecule has 0 aliphatic carbocycles. The fourth-order valence-electron chi connectivity index (χ4n) is 4.93. The zero-order valence-corrected chi connectivity index (χ0v) is 20.9. The maximum Gasteiger partial charge on any atom is 0.494 e. The van der Waals surface area contributed by atoms with Gasteiger partial charge in [0, 0.05) is 31.1 Å².